The molecule has 1 aromatic carbocycles. The Hall–Kier alpha value is -1.04. The third-order valence-corrected chi connectivity index (χ3v) is 2.89. The van der Waals surface area contributed by atoms with Crippen molar-refractivity contribution in [3.05, 3.63) is 35.4 Å². The lowest BCUT2D eigenvalue weighted by Gasteiger charge is -2.03. The molecule has 1 rings (SSSR count). The summed E-state index contributed by atoms with van der Waals surface area (Å²) in [6.07, 6.45) is 0.815. The van der Waals surface area contributed by atoms with Crippen molar-refractivity contribution >= 4 is 8.07 Å². The fourth-order valence-corrected chi connectivity index (χ4v) is 1.79. The molecule has 15 heavy (non-hydrogen) atoms. The van der Waals surface area contributed by atoms with Gasteiger partial charge < -0.3 is 5.11 Å². The molecule has 0 unspecified atom stereocenters. The van der Waals surface area contributed by atoms with E-state index in [0.717, 1.165) is 12.0 Å². The van der Waals surface area contributed by atoms with Crippen molar-refractivity contribution in [2.45, 2.75) is 32.7 Å². The van der Waals surface area contributed by atoms with Crippen LogP contribution in [0.5, 0.6) is 0 Å². The highest BCUT2D eigenvalue weighted by molar-refractivity contribution is 6.83. The van der Waals surface area contributed by atoms with Gasteiger partial charge >= 0.3 is 0 Å². The minimum Gasteiger partial charge on any atom is -0.392 e. The minimum absolute atomic E-state index is 0.112. The number of benzene rings is 1. The quantitative estimate of drug-likeness (QED) is 0.597. The Bertz CT molecular complexity index is 362. The number of aliphatic hydroxyl groups is 1. The third-order valence-electron chi connectivity index (χ3n) is 1.96. The monoisotopic (exact) mass is 218 g/mol. The zero-order chi connectivity index (χ0) is 11.3. The van der Waals surface area contributed by atoms with Gasteiger partial charge in [-0.3, -0.25) is 0 Å². The number of aliphatic hydroxyl groups excluding tert-OH is 1. The molecule has 0 fully saturated rings. The minimum atomic E-state index is -1.23. The molecule has 0 saturated carbocycles. The van der Waals surface area contributed by atoms with Crippen LogP contribution < -0.4 is 0 Å². The number of rotatable bonds is 2. The van der Waals surface area contributed by atoms with Crippen LogP contribution in [0.1, 0.15) is 11.1 Å². The topological polar surface area (TPSA) is 20.2 Å². The molecule has 0 amide bonds. The first-order chi connectivity index (χ1) is 7.01. The molecule has 1 nitrogen and oxygen atoms in total. The Morgan fingerprint density at radius 2 is 1.60 bits per heavy atom. The van der Waals surface area contributed by atoms with E-state index in [4.69, 9.17) is 5.11 Å². The zero-order valence-corrected chi connectivity index (χ0v) is 10.7. The summed E-state index contributed by atoms with van der Waals surface area (Å²) in [6.45, 7) is 6.85. The fourth-order valence-electron chi connectivity index (χ4n) is 1.17. The van der Waals surface area contributed by atoms with Crippen molar-refractivity contribution in [1.82, 2.24) is 0 Å². The highest BCUT2D eigenvalue weighted by atomic mass is 28.3. The maximum Gasteiger partial charge on any atom is 0.129 e. The van der Waals surface area contributed by atoms with Crippen molar-refractivity contribution in [3.63, 3.8) is 0 Å². The van der Waals surface area contributed by atoms with Gasteiger partial charge in [-0.05, 0) is 11.1 Å². The van der Waals surface area contributed by atoms with E-state index in [2.05, 4.69) is 31.1 Å². The Morgan fingerprint density at radius 1 is 1.07 bits per heavy atom. The van der Waals surface area contributed by atoms with E-state index < -0.39 is 8.07 Å². The van der Waals surface area contributed by atoms with Gasteiger partial charge in [-0.25, -0.2) is 0 Å². The van der Waals surface area contributed by atoms with E-state index in [9.17, 15) is 0 Å². The van der Waals surface area contributed by atoms with Gasteiger partial charge in [-0.2, -0.15) is 0 Å². The predicted octanol–water partition coefficient (Wildman–Crippen LogP) is 2.60. The molecule has 0 aliphatic rings. The zero-order valence-electron chi connectivity index (χ0n) is 9.67. The van der Waals surface area contributed by atoms with Crippen molar-refractivity contribution in [2.75, 3.05) is 0 Å². The second-order valence-corrected chi connectivity index (χ2v) is 9.45. The summed E-state index contributed by atoms with van der Waals surface area (Å²) in [5, 5.41) is 8.89. The molecular weight excluding hydrogens is 200 g/mol. The summed E-state index contributed by atoms with van der Waals surface area (Å²) in [6, 6.07) is 7.96. The molecule has 1 aromatic rings. The van der Waals surface area contributed by atoms with Crippen molar-refractivity contribution in [2.24, 2.45) is 0 Å². The molecule has 0 aromatic heterocycles. The van der Waals surface area contributed by atoms with Crippen LogP contribution in [-0.4, -0.2) is 13.2 Å². The van der Waals surface area contributed by atoms with Crippen LogP contribution in [-0.2, 0) is 13.0 Å². The van der Waals surface area contributed by atoms with E-state index in [0.29, 0.717) is 0 Å². The molecule has 0 aliphatic heterocycles. The van der Waals surface area contributed by atoms with Gasteiger partial charge in [0.2, 0.25) is 0 Å². The standard InChI is InChI=1S/C13H18OSi/c1-15(2,3)10-4-5-12-6-8-13(11-14)9-7-12/h6-9,14H,5,11H2,1-3H3. The van der Waals surface area contributed by atoms with Gasteiger partial charge in [0.05, 0.1) is 6.61 Å². The molecule has 0 atom stereocenters. The van der Waals surface area contributed by atoms with Crippen LogP contribution in [0.3, 0.4) is 0 Å². The van der Waals surface area contributed by atoms with Crippen molar-refractivity contribution < 1.29 is 5.11 Å². The van der Waals surface area contributed by atoms with E-state index in [1.54, 1.807) is 0 Å². The first kappa shape index (κ1) is 12.0. The van der Waals surface area contributed by atoms with Crippen molar-refractivity contribution in [1.29, 1.82) is 0 Å². The lowest BCUT2D eigenvalue weighted by Crippen LogP contribution is -2.16. The summed E-state index contributed by atoms with van der Waals surface area (Å²) in [5.41, 5.74) is 5.51. The van der Waals surface area contributed by atoms with Crippen LogP contribution in [0.4, 0.5) is 0 Å². The van der Waals surface area contributed by atoms with Gasteiger partial charge in [0.15, 0.2) is 0 Å². The normalized spacial score (nSPS) is 10.7. The number of hydrogen-bond acceptors (Lipinski definition) is 1. The van der Waals surface area contributed by atoms with Gasteiger partial charge in [0.25, 0.3) is 0 Å². The van der Waals surface area contributed by atoms with E-state index in [1.165, 1.54) is 5.56 Å². The van der Waals surface area contributed by atoms with Gasteiger partial charge in [-0.1, -0.05) is 43.9 Å². The van der Waals surface area contributed by atoms with Crippen LogP contribution in [0.25, 0.3) is 0 Å². The summed E-state index contributed by atoms with van der Waals surface area (Å²) in [7, 11) is -1.23. The first-order valence-electron chi connectivity index (χ1n) is 5.20. The summed E-state index contributed by atoms with van der Waals surface area (Å²) >= 11 is 0. The van der Waals surface area contributed by atoms with Gasteiger partial charge in [0, 0.05) is 6.42 Å². The molecule has 80 valence electrons. The van der Waals surface area contributed by atoms with Crippen LogP contribution in [0.2, 0.25) is 19.6 Å². The maximum atomic E-state index is 8.89. The third kappa shape index (κ3) is 4.82. The maximum absolute atomic E-state index is 8.89. The summed E-state index contributed by atoms with van der Waals surface area (Å²) in [4.78, 5) is 0. The Morgan fingerprint density at radius 3 is 2.07 bits per heavy atom. The molecule has 0 aliphatic carbocycles. The Labute approximate surface area is 93.2 Å². The van der Waals surface area contributed by atoms with Crippen LogP contribution in [0, 0.1) is 11.5 Å². The average molecular weight is 218 g/mol. The lowest BCUT2D eigenvalue weighted by atomic mass is 10.1. The molecule has 1 N–H and O–H groups in total. The molecule has 0 radical (unpaired) electrons. The SMILES string of the molecule is C[Si](C)(C)C#CCc1ccc(CO)cc1. The molecule has 0 bridgehead atoms. The molecule has 0 saturated heterocycles. The predicted molar refractivity (Wildman–Crippen MR) is 67.2 cm³/mol. The van der Waals surface area contributed by atoms with Gasteiger partial charge in [0.1, 0.15) is 8.07 Å². The van der Waals surface area contributed by atoms with Gasteiger partial charge in [-0.15, -0.1) is 11.5 Å². The second kappa shape index (κ2) is 5.15. The molecule has 2 heteroatoms. The van der Waals surface area contributed by atoms with E-state index in [-0.39, 0.29) is 6.61 Å². The Balaban J connectivity index is 2.61. The summed E-state index contributed by atoms with van der Waals surface area (Å²) < 4.78 is 0. The smallest absolute Gasteiger partial charge is 0.129 e. The van der Waals surface area contributed by atoms with Crippen molar-refractivity contribution in [3.8, 4) is 11.5 Å². The second-order valence-electron chi connectivity index (χ2n) is 4.70. The first-order valence-corrected chi connectivity index (χ1v) is 8.70. The Kier molecular flexibility index (Phi) is 4.13. The van der Waals surface area contributed by atoms with E-state index in [1.807, 2.05) is 24.3 Å². The fraction of sp³-hybridized carbons (Fsp3) is 0.385. The van der Waals surface area contributed by atoms with E-state index >= 15 is 0 Å². The summed E-state index contributed by atoms with van der Waals surface area (Å²) in [5.74, 6) is 3.23. The average Bonchev–Trinajstić information content (AvgIpc) is 2.17. The largest absolute Gasteiger partial charge is 0.392 e. The number of hydrogen-bond donors (Lipinski definition) is 1. The highest BCUT2D eigenvalue weighted by Crippen LogP contribution is 2.05. The van der Waals surface area contributed by atoms with Crippen LogP contribution >= 0.6 is 0 Å². The molecule has 0 spiro atoms. The molecular formula is C13H18OSi. The van der Waals surface area contributed by atoms with Crippen LogP contribution in [0.15, 0.2) is 24.3 Å². The lowest BCUT2D eigenvalue weighted by molar-refractivity contribution is 0.282. The molecule has 0 heterocycles. The highest BCUT2D eigenvalue weighted by Gasteiger charge is 2.06.